The Morgan fingerprint density at radius 3 is 1.97 bits per heavy atom. The Morgan fingerprint density at radius 1 is 0.853 bits per heavy atom. The highest BCUT2D eigenvalue weighted by Gasteiger charge is 2.37. The van der Waals surface area contributed by atoms with Gasteiger partial charge in [-0.1, -0.05) is 76.8 Å². The van der Waals surface area contributed by atoms with Gasteiger partial charge in [-0.2, -0.15) is 0 Å². The lowest BCUT2D eigenvalue weighted by Crippen LogP contribution is -2.57. The second-order valence-corrected chi connectivity index (χ2v) is 9.55. The van der Waals surface area contributed by atoms with Crippen LogP contribution in [0.4, 0.5) is 0 Å². The lowest BCUT2D eigenvalue weighted by atomic mass is 9.96. The van der Waals surface area contributed by atoms with Crippen LogP contribution in [0, 0.1) is 11.8 Å². The van der Waals surface area contributed by atoms with Crippen LogP contribution in [-0.4, -0.2) is 59.5 Å². The molecule has 0 bridgehead atoms. The number of primary amides is 1. The quantitative estimate of drug-likeness (QED) is 0.311. The molecule has 2 N–H and O–H groups in total. The van der Waals surface area contributed by atoms with Crippen molar-refractivity contribution in [3.05, 3.63) is 35.9 Å². The maximum atomic E-state index is 13.5. The van der Waals surface area contributed by atoms with E-state index in [0.29, 0.717) is 6.42 Å². The number of ketones is 1. The van der Waals surface area contributed by atoms with E-state index in [2.05, 4.69) is 6.92 Å². The van der Waals surface area contributed by atoms with Crippen LogP contribution in [-0.2, 0) is 25.6 Å². The third kappa shape index (κ3) is 8.58. The maximum absolute atomic E-state index is 13.5. The number of nitrogens with zero attached hydrogens (tertiary/aromatic N) is 2. The molecule has 190 valence electrons. The highest BCUT2D eigenvalue weighted by atomic mass is 16.2. The van der Waals surface area contributed by atoms with Crippen LogP contribution in [0.2, 0.25) is 0 Å². The molecule has 0 saturated heterocycles. The van der Waals surface area contributed by atoms with Crippen LogP contribution in [0.3, 0.4) is 0 Å². The van der Waals surface area contributed by atoms with Crippen LogP contribution < -0.4 is 5.73 Å². The first kappa shape index (κ1) is 29.3. The van der Waals surface area contributed by atoms with E-state index in [1.54, 1.807) is 21.0 Å². The molecule has 0 heterocycles. The number of likely N-dealkylation sites (N-methyl/N-ethyl adjacent to an activating group) is 2. The van der Waals surface area contributed by atoms with E-state index < -0.39 is 23.9 Å². The molecule has 0 aliphatic carbocycles. The van der Waals surface area contributed by atoms with Gasteiger partial charge in [0.1, 0.15) is 17.9 Å². The fourth-order valence-corrected chi connectivity index (χ4v) is 4.28. The number of rotatable bonds is 15. The van der Waals surface area contributed by atoms with Crippen LogP contribution in [0.1, 0.15) is 71.8 Å². The van der Waals surface area contributed by atoms with Gasteiger partial charge in [0.05, 0.1) is 5.92 Å². The van der Waals surface area contributed by atoms with Crippen molar-refractivity contribution in [2.45, 2.75) is 84.7 Å². The number of hydrogen-bond acceptors (Lipinski definition) is 4. The van der Waals surface area contributed by atoms with E-state index in [-0.39, 0.29) is 29.9 Å². The lowest BCUT2D eigenvalue weighted by Gasteiger charge is -2.36. The van der Waals surface area contributed by atoms with Gasteiger partial charge in [0, 0.05) is 26.9 Å². The number of amides is 3. The van der Waals surface area contributed by atoms with E-state index in [1.807, 2.05) is 44.2 Å². The summed E-state index contributed by atoms with van der Waals surface area (Å²) in [5, 5.41) is 0. The number of carbonyl (C=O) groups excluding carboxylic acids is 4. The van der Waals surface area contributed by atoms with Crippen LogP contribution in [0.15, 0.2) is 30.3 Å². The smallest absolute Gasteiger partial charge is 0.246 e. The third-order valence-corrected chi connectivity index (χ3v) is 6.44. The Balaban J connectivity index is 3.06. The largest absolute Gasteiger partial charge is 0.368 e. The highest BCUT2D eigenvalue weighted by molar-refractivity contribution is 6.02. The molecule has 0 unspecified atom stereocenters. The standard InChI is InChI=1S/C27H43N3O4/c1-7-8-9-10-14-17-23(31)20(4)26(33)29(5)22(18-21-15-12-11-13-16-21)27(34)30(6)24(19(2)3)25(28)32/h11-13,15-16,19-20,22,24H,7-10,14,17-18H2,1-6H3,(H2,28,32)/t20-,22-,24+/m1/s1. The Morgan fingerprint density at radius 2 is 1.44 bits per heavy atom. The molecule has 0 radical (unpaired) electrons. The second kappa shape index (κ2) is 14.5. The van der Waals surface area contributed by atoms with Crippen molar-refractivity contribution in [3.8, 4) is 0 Å². The molecule has 1 aromatic rings. The van der Waals surface area contributed by atoms with Gasteiger partial charge in [0.2, 0.25) is 17.7 Å². The molecule has 0 spiro atoms. The van der Waals surface area contributed by atoms with Crippen LogP contribution in [0.25, 0.3) is 0 Å². The molecule has 0 aromatic heterocycles. The summed E-state index contributed by atoms with van der Waals surface area (Å²) in [7, 11) is 3.10. The third-order valence-electron chi connectivity index (χ3n) is 6.44. The van der Waals surface area contributed by atoms with E-state index in [9.17, 15) is 19.2 Å². The lowest BCUT2D eigenvalue weighted by molar-refractivity contribution is -0.150. The van der Waals surface area contributed by atoms with Crippen LogP contribution in [0.5, 0.6) is 0 Å². The summed E-state index contributed by atoms with van der Waals surface area (Å²) in [4.78, 5) is 54.2. The van der Waals surface area contributed by atoms with Gasteiger partial charge in [0.25, 0.3) is 0 Å². The van der Waals surface area contributed by atoms with Crippen molar-refractivity contribution in [1.82, 2.24) is 9.80 Å². The first-order valence-corrected chi connectivity index (χ1v) is 12.4. The molecule has 1 aromatic carbocycles. The Hall–Kier alpha value is -2.70. The topological polar surface area (TPSA) is 101 Å². The number of benzene rings is 1. The fourth-order valence-electron chi connectivity index (χ4n) is 4.28. The maximum Gasteiger partial charge on any atom is 0.246 e. The molecule has 3 amide bonds. The van der Waals surface area contributed by atoms with Gasteiger partial charge in [-0.25, -0.2) is 0 Å². The summed E-state index contributed by atoms with van der Waals surface area (Å²) in [6, 6.07) is 7.73. The van der Waals surface area contributed by atoms with E-state index >= 15 is 0 Å². The molecule has 0 saturated carbocycles. The van der Waals surface area contributed by atoms with Gasteiger partial charge in [-0.05, 0) is 24.8 Å². The first-order valence-electron chi connectivity index (χ1n) is 12.4. The number of carbonyl (C=O) groups is 4. The molecular weight excluding hydrogens is 430 g/mol. The summed E-state index contributed by atoms with van der Waals surface area (Å²) < 4.78 is 0. The highest BCUT2D eigenvalue weighted by Crippen LogP contribution is 2.18. The molecule has 7 heteroatoms. The predicted octanol–water partition coefficient (Wildman–Crippen LogP) is 3.59. The average Bonchev–Trinajstić information content (AvgIpc) is 2.80. The number of nitrogens with two attached hydrogens (primary N) is 1. The Bertz CT molecular complexity index is 809. The zero-order valence-electron chi connectivity index (χ0n) is 21.8. The molecule has 0 fully saturated rings. The second-order valence-electron chi connectivity index (χ2n) is 9.55. The first-order chi connectivity index (χ1) is 16.0. The van der Waals surface area contributed by atoms with Gasteiger partial charge in [-0.15, -0.1) is 0 Å². The molecular formula is C27H43N3O4. The van der Waals surface area contributed by atoms with E-state index in [0.717, 1.165) is 37.7 Å². The number of unbranched alkanes of at least 4 members (excludes halogenated alkanes) is 4. The van der Waals surface area contributed by atoms with Crippen molar-refractivity contribution in [1.29, 1.82) is 0 Å². The normalized spacial score (nSPS) is 13.7. The van der Waals surface area contributed by atoms with Gasteiger partial charge < -0.3 is 15.5 Å². The number of Topliss-reactive ketones (excluding diaryl/α,β-unsaturated/α-hetero) is 1. The van der Waals surface area contributed by atoms with Crippen molar-refractivity contribution >= 4 is 23.5 Å². The minimum Gasteiger partial charge on any atom is -0.368 e. The van der Waals surface area contributed by atoms with Gasteiger partial charge in [0.15, 0.2) is 0 Å². The Labute approximate surface area is 205 Å². The molecule has 3 atom stereocenters. The van der Waals surface area contributed by atoms with Gasteiger partial charge in [-0.3, -0.25) is 19.2 Å². The summed E-state index contributed by atoms with van der Waals surface area (Å²) in [6.07, 6.45) is 5.73. The molecule has 0 aliphatic heterocycles. The number of hydrogen-bond donors (Lipinski definition) is 1. The minimum atomic E-state index is -0.861. The molecule has 34 heavy (non-hydrogen) atoms. The summed E-state index contributed by atoms with van der Waals surface area (Å²) in [5.41, 5.74) is 6.45. The summed E-state index contributed by atoms with van der Waals surface area (Å²) in [6.45, 7) is 7.39. The molecule has 7 nitrogen and oxygen atoms in total. The van der Waals surface area contributed by atoms with Crippen molar-refractivity contribution in [3.63, 3.8) is 0 Å². The molecule has 0 aliphatic rings. The van der Waals surface area contributed by atoms with Crippen molar-refractivity contribution in [2.24, 2.45) is 17.6 Å². The average molecular weight is 474 g/mol. The monoisotopic (exact) mass is 473 g/mol. The minimum absolute atomic E-state index is 0.107. The van der Waals surface area contributed by atoms with Crippen molar-refractivity contribution < 1.29 is 19.2 Å². The summed E-state index contributed by atoms with van der Waals surface area (Å²) >= 11 is 0. The fraction of sp³-hybridized carbons (Fsp3) is 0.630. The van der Waals surface area contributed by atoms with E-state index in [1.165, 1.54) is 9.80 Å². The molecule has 1 rings (SSSR count). The Kier molecular flexibility index (Phi) is 12.5. The zero-order valence-corrected chi connectivity index (χ0v) is 21.8. The predicted molar refractivity (Wildman–Crippen MR) is 135 cm³/mol. The van der Waals surface area contributed by atoms with E-state index in [4.69, 9.17) is 5.73 Å². The van der Waals surface area contributed by atoms with Crippen LogP contribution >= 0.6 is 0 Å². The summed E-state index contributed by atoms with van der Waals surface area (Å²) in [5.74, 6) is -2.48. The van der Waals surface area contributed by atoms with Gasteiger partial charge >= 0.3 is 0 Å². The van der Waals surface area contributed by atoms with Crippen molar-refractivity contribution in [2.75, 3.05) is 14.1 Å². The SMILES string of the molecule is CCCCCCCC(=O)[C@@H](C)C(=O)N(C)[C@H](Cc1ccccc1)C(=O)N(C)[C@H](C(N)=O)C(C)C. The zero-order chi connectivity index (χ0) is 25.8.